The molecule has 4 atom stereocenters. The number of hydrogen-bond donors (Lipinski definition) is 1. The lowest BCUT2D eigenvalue weighted by atomic mass is 9.89. The van der Waals surface area contributed by atoms with E-state index in [9.17, 15) is 9.59 Å². The summed E-state index contributed by atoms with van der Waals surface area (Å²) in [5.41, 5.74) is 2.08. The van der Waals surface area contributed by atoms with Gasteiger partial charge in [0, 0.05) is 37.9 Å². The zero-order chi connectivity index (χ0) is 25.5. The number of nitrogens with one attached hydrogen (secondary N) is 1. The minimum Gasteiger partial charge on any atom is -0.497 e. The molecule has 1 aromatic carbocycles. The molecule has 2 amide bonds. The van der Waals surface area contributed by atoms with Gasteiger partial charge in [0.25, 0.3) is 5.24 Å². The fourth-order valence-corrected chi connectivity index (χ4v) is 6.45. The van der Waals surface area contributed by atoms with Crippen molar-refractivity contribution in [3.05, 3.63) is 53.6 Å². The van der Waals surface area contributed by atoms with E-state index in [1.54, 1.807) is 20.3 Å². The number of ether oxygens (including phenoxy) is 3. The predicted molar refractivity (Wildman–Crippen MR) is 142 cm³/mol. The molecule has 3 aliphatic rings. The number of thioether (sulfide) groups is 1. The Morgan fingerprint density at radius 2 is 1.94 bits per heavy atom. The van der Waals surface area contributed by atoms with Gasteiger partial charge in [-0.2, -0.15) is 0 Å². The third-order valence-corrected chi connectivity index (χ3v) is 8.24. The van der Waals surface area contributed by atoms with Crippen LogP contribution in [0.15, 0.2) is 48.1 Å². The van der Waals surface area contributed by atoms with Gasteiger partial charge in [-0.1, -0.05) is 41.6 Å². The van der Waals surface area contributed by atoms with Gasteiger partial charge in [-0.15, -0.1) is 0 Å². The highest BCUT2D eigenvalue weighted by Crippen LogP contribution is 2.42. The van der Waals surface area contributed by atoms with Crippen molar-refractivity contribution in [2.75, 3.05) is 20.0 Å². The van der Waals surface area contributed by atoms with Crippen molar-refractivity contribution in [2.45, 2.75) is 82.4 Å². The molecule has 1 N–H and O–H groups in total. The lowest BCUT2D eigenvalue weighted by molar-refractivity contribution is -0.294. The molecule has 2 fully saturated rings. The largest absolute Gasteiger partial charge is 0.497 e. The van der Waals surface area contributed by atoms with Crippen molar-refractivity contribution in [3.63, 3.8) is 0 Å². The number of carbonyl (C=O) groups is 2. The maximum atomic E-state index is 13.0. The normalized spacial score (nSPS) is 29.9. The van der Waals surface area contributed by atoms with Gasteiger partial charge in [0.1, 0.15) is 5.75 Å². The van der Waals surface area contributed by atoms with Crippen LogP contribution < -0.4 is 10.1 Å². The van der Waals surface area contributed by atoms with E-state index in [0.29, 0.717) is 18.7 Å². The summed E-state index contributed by atoms with van der Waals surface area (Å²) in [5.74, 6) is 0.300. The van der Waals surface area contributed by atoms with E-state index < -0.39 is 5.79 Å². The van der Waals surface area contributed by atoms with E-state index in [0.717, 1.165) is 55.4 Å². The molecule has 0 spiro atoms. The quantitative estimate of drug-likeness (QED) is 0.544. The standard InChI is InChI=1S/C28H38N2O5S/c1-20-9-7-5-4-6-8-10-24-16-22(29-26(31)15-20)17-28(34-3,35-24)25-19-36-27(32)30(25)18-21-11-13-23(33-2)14-12-21/h4-5,11-15,22,24-25H,6-10,16-19H2,1-3H3,(H,29,31)/t22?,24?,25-,28?/m0/s1. The monoisotopic (exact) mass is 514 g/mol. The third kappa shape index (κ3) is 6.52. The van der Waals surface area contributed by atoms with Crippen LogP contribution in [0.2, 0.25) is 0 Å². The third-order valence-electron chi connectivity index (χ3n) is 7.28. The molecule has 0 saturated carbocycles. The molecule has 2 bridgehead atoms. The van der Waals surface area contributed by atoms with Crippen LogP contribution in [0, 0.1) is 0 Å². The number of allylic oxidation sites excluding steroid dienone is 3. The highest BCUT2D eigenvalue weighted by molar-refractivity contribution is 8.13. The van der Waals surface area contributed by atoms with E-state index in [2.05, 4.69) is 17.5 Å². The number of benzene rings is 1. The Bertz CT molecular complexity index is 979. The molecular formula is C28H38N2O5S. The molecule has 8 heteroatoms. The molecule has 3 aliphatic heterocycles. The first kappa shape index (κ1) is 26.8. The average Bonchev–Trinajstić information content (AvgIpc) is 3.23. The van der Waals surface area contributed by atoms with Gasteiger partial charge in [-0.25, -0.2) is 0 Å². The predicted octanol–water partition coefficient (Wildman–Crippen LogP) is 5.21. The van der Waals surface area contributed by atoms with E-state index in [4.69, 9.17) is 14.2 Å². The number of amides is 2. The fourth-order valence-electron chi connectivity index (χ4n) is 5.36. The van der Waals surface area contributed by atoms with E-state index in [-0.39, 0.29) is 29.3 Å². The molecule has 3 unspecified atom stereocenters. The maximum absolute atomic E-state index is 13.0. The molecule has 0 radical (unpaired) electrons. The molecule has 1 aromatic rings. The molecule has 2 saturated heterocycles. The summed E-state index contributed by atoms with van der Waals surface area (Å²) >= 11 is 1.30. The highest BCUT2D eigenvalue weighted by Gasteiger charge is 2.53. The first-order valence-corrected chi connectivity index (χ1v) is 13.8. The molecule has 3 heterocycles. The Morgan fingerprint density at radius 1 is 1.17 bits per heavy atom. The van der Waals surface area contributed by atoms with Gasteiger partial charge >= 0.3 is 0 Å². The lowest BCUT2D eigenvalue weighted by Gasteiger charge is -2.48. The highest BCUT2D eigenvalue weighted by atomic mass is 32.2. The minimum atomic E-state index is -0.988. The van der Waals surface area contributed by atoms with Crippen LogP contribution in [-0.4, -0.2) is 60.0 Å². The number of carbonyl (C=O) groups excluding carboxylic acids is 2. The smallest absolute Gasteiger partial charge is 0.282 e. The Balaban J connectivity index is 1.58. The van der Waals surface area contributed by atoms with Crippen LogP contribution in [0.4, 0.5) is 4.79 Å². The van der Waals surface area contributed by atoms with Gasteiger partial charge in [0.2, 0.25) is 5.91 Å². The molecule has 4 rings (SSSR count). The minimum absolute atomic E-state index is 0.0180. The van der Waals surface area contributed by atoms with Gasteiger partial charge < -0.3 is 24.4 Å². The van der Waals surface area contributed by atoms with Crippen molar-refractivity contribution in [2.24, 2.45) is 0 Å². The average molecular weight is 515 g/mol. The lowest BCUT2D eigenvalue weighted by Crippen LogP contribution is -2.62. The van der Waals surface area contributed by atoms with Crippen molar-refractivity contribution >= 4 is 22.9 Å². The Hall–Kier alpha value is -2.29. The molecule has 36 heavy (non-hydrogen) atoms. The topological polar surface area (TPSA) is 77.1 Å². The molecule has 0 aliphatic carbocycles. The van der Waals surface area contributed by atoms with Crippen molar-refractivity contribution < 1.29 is 23.8 Å². The number of nitrogens with zero attached hydrogens (tertiary/aromatic N) is 1. The number of rotatable bonds is 5. The summed E-state index contributed by atoms with van der Waals surface area (Å²) in [7, 11) is 3.30. The Kier molecular flexibility index (Phi) is 9.14. The SMILES string of the molecule is COc1ccc(CN2C(=O)SC[C@H]2C2(OC)CC3CC(CCCC=CCCC(C)=CC(=O)N3)O2)cc1. The van der Waals surface area contributed by atoms with Crippen LogP contribution >= 0.6 is 11.8 Å². The summed E-state index contributed by atoms with van der Waals surface area (Å²) in [6.45, 7) is 2.47. The van der Waals surface area contributed by atoms with Gasteiger partial charge in [0.05, 0.1) is 19.3 Å². The summed E-state index contributed by atoms with van der Waals surface area (Å²) in [5, 5.41) is 3.23. The van der Waals surface area contributed by atoms with Crippen molar-refractivity contribution in [1.82, 2.24) is 10.2 Å². The van der Waals surface area contributed by atoms with Crippen LogP contribution in [0.25, 0.3) is 0 Å². The molecule has 7 nitrogen and oxygen atoms in total. The first-order valence-electron chi connectivity index (χ1n) is 12.8. The Morgan fingerprint density at radius 3 is 2.69 bits per heavy atom. The van der Waals surface area contributed by atoms with Crippen LogP contribution in [0.3, 0.4) is 0 Å². The first-order chi connectivity index (χ1) is 17.4. The molecule has 196 valence electrons. The van der Waals surface area contributed by atoms with E-state index in [1.165, 1.54) is 11.8 Å². The second-order valence-electron chi connectivity index (χ2n) is 9.90. The van der Waals surface area contributed by atoms with Crippen LogP contribution in [-0.2, 0) is 20.8 Å². The van der Waals surface area contributed by atoms with E-state index >= 15 is 0 Å². The van der Waals surface area contributed by atoms with Crippen LogP contribution in [0.5, 0.6) is 5.75 Å². The van der Waals surface area contributed by atoms with E-state index in [1.807, 2.05) is 36.1 Å². The molecular weight excluding hydrogens is 476 g/mol. The zero-order valence-electron chi connectivity index (χ0n) is 21.5. The van der Waals surface area contributed by atoms with Gasteiger partial charge in [-0.3, -0.25) is 9.59 Å². The van der Waals surface area contributed by atoms with Crippen molar-refractivity contribution in [1.29, 1.82) is 0 Å². The van der Waals surface area contributed by atoms with Crippen LogP contribution in [0.1, 0.15) is 57.4 Å². The molecule has 0 aromatic heterocycles. The number of fused-ring (bicyclic) bond motifs is 2. The van der Waals surface area contributed by atoms with Crippen molar-refractivity contribution in [3.8, 4) is 5.75 Å². The summed E-state index contributed by atoms with van der Waals surface area (Å²) in [6, 6.07) is 7.41. The second kappa shape index (κ2) is 12.3. The fraction of sp³-hybridized carbons (Fsp3) is 0.571. The summed E-state index contributed by atoms with van der Waals surface area (Å²) in [4.78, 5) is 27.7. The summed E-state index contributed by atoms with van der Waals surface area (Å²) < 4.78 is 18.1. The van der Waals surface area contributed by atoms with Gasteiger partial charge in [0.15, 0.2) is 5.79 Å². The van der Waals surface area contributed by atoms with Gasteiger partial charge in [-0.05, 0) is 63.1 Å². The maximum Gasteiger partial charge on any atom is 0.282 e. The zero-order valence-corrected chi connectivity index (χ0v) is 22.4. The number of methoxy groups -OCH3 is 2. The second-order valence-corrected chi connectivity index (χ2v) is 10.9. The number of hydrogen-bond acceptors (Lipinski definition) is 6. The summed E-state index contributed by atoms with van der Waals surface area (Å²) in [6.07, 6.45) is 12.0. The Labute approximate surface area is 218 Å².